The van der Waals surface area contributed by atoms with Gasteiger partial charge in [-0.25, -0.2) is 4.68 Å². The van der Waals surface area contributed by atoms with Gasteiger partial charge in [-0.2, -0.15) is 5.10 Å². The zero-order valence-corrected chi connectivity index (χ0v) is 17.7. The van der Waals surface area contributed by atoms with Crippen molar-refractivity contribution in [3.63, 3.8) is 0 Å². The summed E-state index contributed by atoms with van der Waals surface area (Å²) in [6.45, 7) is 1.56. The third kappa shape index (κ3) is 4.21. The number of para-hydroxylation sites is 2. The Hall–Kier alpha value is -4.41. The lowest BCUT2D eigenvalue weighted by Crippen LogP contribution is -2.27. The number of nitro groups is 1. The van der Waals surface area contributed by atoms with E-state index in [9.17, 15) is 19.7 Å². The van der Waals surface area contributed by atoms with Crippen LogP contribution in [0.1, 0.15) is 16.2 Å². The van der Waals surface area contributed by atoms with E-state index in [1.54, 1.807) is 13.0 Å². The maximum absolute atomic E-state index is 12.9. The Morgan fingerprint density at radius 3 is 2.25 bits per heavy atom. The van der Waals surface area contributed by atoms with E-state index in [0.717, 1.165) is 0 Å². The van der Waals surface area contributed by atoms with Crippen LogP contribution in [-0.2, 0) is 0 Å². The van der Waals surface area contributed by atoms with E-state index in [4.69, 9.17) is 14.2 Å². The highest BCUT2D eigenvalue weighted by Crippen LogP contribution is 2.40. The van der Waals surface area contributed by atoms with Crippen LogP contribution in [0.15, 0.2) is 47.3 Å². The molecule has 166 valence electrons. The fraction of sp³-hybridized carbons (Fsp3) is 0.190. The van der Waals surface area contributed by atoms with Crippen molar-refractivity contribution in [3.05, 3.63) is 74.2 Å². The summed E-state index contributed by atoms with van der Waals surface area (Å²) in [6.07, 6.45) is 0. The van der Waals surface area contributed by atoms with Crippen molar-refractivity contribution in [1.29, 1.82) is 0 Å². The normalized spacial score (nSPS) is 10.4. The molecular formula is C21H20N4O7. The number of aromatic nitrogens is 2. The lowest BCUT2D eigenvalue weighted by atomic mass is 10.2. The fourth-order valence-electron chi connectivity index (χ4n) is 3.09. The summed E-state index contributed by atoms with van der Waals surface area (Å²) in [5, 5.41) is 18.1. The van der Waals surface area contributed by atoms with Gasteiger partial charge in [-0.1, -0.05) is 12.1 Å². The van der Waals surface area contributed by atoms with Crippen molar-refractivity contribution in [2.45, 2.75) is 6.92 Å². The minimum Gasteiger partial charge on any atom is -0.493 e. The molecule has 0 atom stereocenters. The number of carbonyl (C=O) groups is 1. The highest BCUT2D eigenvalue weighted by molar-refractivity contribution is 6.03. The predicted octanol–water partition coefficient (Wildman–Crippen LogP) is 2.73. The first-order chi connectivity index (χ1) is 15.3. The molecule has 0 aliphatic carbocycles. The summed E-state index contributed by atoms with van der Waals surface area (Å²) in [5.74, 6) is 0.129. The van der Waals surface area contributed by atoms with Crippen LogP contribution in [0.25, 0.3) is 5.69 Å². The highest BCUT2D eigenvalue weighted by atomic mass is 16.6. The number of hydrogen-bond donors (Lipinski definition) is 1. The Labute approximate surface area is 182 Å². The van der Waals surface area contributed by atoms with Crippen LogP contribution < -0.4 is 25.0 Å². The molecule has 0 unspecified atom stereocenters. The van der Waals surface area contributed by atoms with Gasteiger partial charge in [-0.15, -0.1) is 0 Å². The largest absolute Gasteiger partial charge is 0.493 e. The number of anilines is 1. The van der Waals surface area contributed by atoms with E-state index in [-0.39, 0.29) is 17.1 Å². The molecule has 0 aliphatic rings. The Kier molecular flexibility index (Phi) is 6.38. The van der Waals surface area contributed by atoms with Crippen LogP contribution in [0.4, 0.5) is 11.4 Å². The minimum absolute atomic E-state index is 0.122. The first-order valence-electron chi connectivity index (χ1n) is 9.26. The summed E-state index contributed by atoms with van der Waals surface area (Å²) in [6, 6.07) is 10.1. The molecule has 3 aromatic rings. The minimum atomic E-state index is -0.809. The highest BCUT2D eigenvalue weighted by Gasteiger charge is 2.21. The molecule has 0 aliphatic heterocycles. The van der Waals surface area contributed by atoms with E-state index in [1.807, 2.05) is 0 Å². The maximum Gasteiger partial charge on any atom is 0.294 e. The van der Waals surface area contributed by atoms with E-state index < -0.39 is 22.0 Å². The van der Waals surface area contributed by atoms with E-state index >= 15 is 0 Å². The molecular weight excluding hydrogens is 420 g/mol. The second-order valence-corrected chi connectivity index (χ2v) is 6.52. The van der Waals surface area contributed by atoms with Crippen LogP contribution >= 0.6 is 0 Å². The van der Waals surface area contributed by atoms with Gasteiger partial charge in [0.25, 0.3) is 11.6 Å². The van der Waals surface area contributed by atoms with Crippen molar-refractivity contribution in [2.24, 2.45) is 0 Å². The predicted molar refractivity (Wildman–Crippen MR) is 115 cm³/mol. The number of amides is 1. The van der Waals surface area contributed by atoms with Gasteiger partial charge in [0.1, 0.15) is 5.69 Å². The number of ether oxygens (including phenoxy) is 3. The molecule has 11 nitrogen and oxygen atoms in total. The number of nitrogens with one attached hydrogen (secondary N) is 1. The molecule has 0 fully saturated rings. The SMILES string of the molecule is COc1cc(NC(=O)c2nn(-c3ccccc3[N+](=O)[O-])c(C)cc2=O)cc(OC)c1OC. The summed E-state index contributed by atoms with van der Waals surface area (Å²) in [4.78, 5) is 36.2. The van der Waals surface area contributed by atoms with Crippen LogP contribution in [0, 0.1) is 17.0 Å². The summed E-state index contributed by atoms with van der Waals surface area (Å²) < 4.78 is 16.9. The second-order valence-electron chi connectivity index (χ2n) is 6.52. The molecule has 0 saturated heterocycles. The van der Waals surface area contributed by atoms with Gasteiger partial charge >= 0.3 is 0 Å². The van der Waals surface area contributed by atoms with Crippen LogP contribution in [0.2, 0.25) is 0 Å². The molecule has 32 heavy (non-hydrogen) atoms. The zero-order valence-electron chi connectivity index (χ0n) is 17.7. The molecule has 11 heteroatoms. The number of nitro benzene ring substituents is 1. The number of nitrogens with zero attached hydrogens (tertiary/aromatic N) is 3. The fourth-order valence-corrected chi connectivity index (χ4v) is 3.09. The van der Waals surface area contributed by atoms with Gasteiger partial charge in [-0.05, 0) is 13.0 Å². The van der Waals surface area contributed by atoms with Crippen molar-refractivity contribution in [1.82, 2.24) is 9.78 Å². The summed E-state index contributed by atoms with van der Waals surface area (Å²) in [5.41, 5.74) is -0.582. The molecule has 0 bridgehead atoms. The lowest BCUT2D eigenvalue weighted by Gasteiger charge is -2.15. The van der Waals surface area contributed by atoms with Gasteiger partial charge in [0.15, 0.2) is 17.2 Å². The Morgan fingerprint density at radius 2 is 1.69 bits per heavy atom. The van der Waals surface area contributed by atoms with Crippen LogP contribution in [-0.4, -0.2) is 41.9 Å². The van der Waals surface area contributed by atoms with E-state index in [2.05, 4.69) is 10.4 Å². The first-order valence-corrected chi connectivity index (χ1v) is 9.26. The van der Waals surface area contributed by atoms with Gasteiger partial charge in [0.2, 0.25) is 11.2 Å². The first kappa shape index (κ1) is 22.3. The van der Waals surface area contributed by atoms with Crippen molar-refractivity contribution >= 4 is 17.3 Å². The number of carbonyl (C=O) groups excluding carboxylic acids is 1. The Morgan fingerprint density at radius 1 is 1.06 bits per heavy atom. The number of rotatable bonds is 7. The standard InChI is InChI=1S/C21H20N4O7/c1-12-9-16(26)19(23-24(12)14-7-5-6-8-15(14)25(28)29)21(27)22-13-10-17(30-2)20(32-4)18(11-13)31-3/h5-11H,1-4H3,(H,22,27). The van der Waals surface area contributed by atoms with Crippen LogP contribution in [0.5, 0.6) is 17.2 Å². The second kappa shape index (κ2) is 9.16. The molecule has 1 amide bonds. The Balaban J connectivity index is 2.05. The average molecular weight is 440 g/mol. The number of aryl methyl sites for hydroxylation is 1. The van der Waals surface area contributed by atoms with Crippen molar-refractivity contribution in [3.8, 4) is 22.9 Å². The van der Waals surface area contributed by atoms with Gasteiger partial charge < -0.3 is 19.5 Å². The zero-order chi connectivity index (χ0) is 23.4. The molecule has 0 radical (unpaired) electrons. The maximum atomic E-state index is 12.9. The summed E-state index contributed by atoms with van der Waals surface area (Å²) >= 11 is 0. The van der Waals surface area contributed by atoms with Crippen molar-refractivity contribution < 1.29 is 23.9 Å². The van der Waals surface area contributed by atoms with Crippen molar-refractivity contribution in [2.75, 3.05) is 26.6 Å². The van der Waals surface area contributed by atoms with E-state index in [0.29, 0.717) is 22.9 Å². The molecule has 1 aromatic heterocycles. The molecule has 3 rings (SSSR count). The quantitative estimate of drug-likeness (QED) is 0.438. The summed E-state index contributed by atoms with van der Waals surface area (Å²) in [7, 11) is 4.30. The molecule has 0 spiro atoms. The number of benzene rings is 2. The molecule has 2 aromatic carbocycles. The number of hydrogen-bond acceptors (Lipinski definition) is 8. The molecule has 1 heterocycles. The van der Waals surface area contributed by atoms with E-state index in [1.165, 1.54) is 62.4 Å². The number of methoxy groups -OCH3 is 3. The lowest BCUT2D eigenvalue weighted by molar-refractivity contribution is -0.384. The van der Waals surface area contributed by atoms with Crippen LogP contribution in [0.3, 0.4) is 0 Å². The average Bonchev–Trinajstić information content (AvgIpc) is 2.78. The molecule has 0 saturated carbocycles. The Bertz CT molecular complexity index is 1230. The molecule has 1 N–H and O–H groups in total. The smallest absolute Gasteiger partial charge is 0.294 e. The van der Waals surface area contributed by atoms with Gasteiger partial charge in [0.05, 0.1) is 26.3 Å². The third-order valence-electron chi connectivity index (χ3n) is 4.55. The van der Waals surface area contributed by atoms with Gasteiger partial charge in [-0.3, -0.25) is 19.7 Å². The third-order valence-corrected chi connectivity index (χ3v) is 4.55. The monoisotopic (exact) mass is 440 g/mol. The van der Waals surface area contributed by atoms with Gasteiger partial charge in [0, 0.05) is 35.6 Å². The topological polar surface area (TPSA) is 135 Å².